The fraction of sp³-hybridized carbons (Fsp3) is 0.429. The summed E-state index contributed by atoms with van der Waals surface area (Å²) in [6.07, 6.45) is 3.52. The Morgan fingerprint density at radius 1 is 1.36 bits per heavy atom. The maximum atomic E-state index is 5.28. The van der Waals surface area contributed by atoms with Crippen LogP contribution in [0.15, 0.2) is 34.0 Å². The first-order valence-electron chi connectivity index (χ1n) is 6.76. The van der Waals surface area contributed by atoms with Crippen LogP contribution in [0.5, 0.6) is 0 Å². The highest BCUT2D eigenvalue weighted by Gasteiger charge is 2.08. The molecule has 0 spiro atoms. The first-order chi connectivity index (χ1) is 10.1. The van der Waals surface area contributed by atoms with Gasteiger partial charge in [-0.15, -0.1) is 24.0 Å². The molecule has 22 heavy (non-hydrogen) atoms. The third kappa shape index (κ3) is 4.65. The molecule has 2 heterocycles. The van der Waals surface area contributed by atoms with Crippen molar-refractivity contribution in [2.24, 2.45) is 12.0 Å². The molecule has 122 valence electrons. The van der Waals surface area contributed by atoms with Crippen LogP contribution in [-0.2, 0) is 20.1 Å². The van der Waals surface area contributed by atoms with Crippen molar-refractivity contribution in [3.63, 3.8) is 0 Å². The maximum Gasteiger partial charge on any atom is 0.204 e. The summed E-state index contributed by atoms with van der Waals surface area (Å²) in [4.78, 5) is 10.5. The first kappa shape index (κ1) is 18.3. The third-order valence-corrected chi connectivity index (χ3v) is 3.13. The zero-order valence-electron chi connectivity index (χ0n) is 13.3. The van der Waals surface area contributed by atoms with Gasteiger partial charge in [0, 0.05) is 28.2 Å². The zero-order valence-corrected chi connectivity index (χ0v) is 15.7. The van der Waals surface area contributed by atoms with Crippen LogP contribution in [0.25, 0.3) is 0 Å². The summed E-state index contributed by atoms with van der Waals surface area (Å²) >= 11 is 0. The van der Waals surface area contributed by atoms with E-state index >= 15 is 0 Å². The van der Waals surface area contributed by atoms with Crippen LogP contribution in [0.3, 0.4) is 0 Å². The highest BCUT2D eigenvalue weighted by Crippen LogP contribution is 2.10. The average Bonchev–Trinajstić information content (AvgIpc) is 3.09. The maximum absolute atomic E-state index is 5.28. The van der Waals surface area contributed by atoms with Crippen molar-refractivity contribution in [2.75, 3.05) is 26.0 Å². The van der Waals surface area contributed by atoms with Crippen LogP contribution < -0.4 is 15.5 Å². The molecule has 0 radical (unpaired) electrons. The Morgan fingerprint density at radius 3 is 2.64 bits per heavy atom. The summed E-state index contributed by atoms with van der Waals surface area (Å²) in [6.45, 7) is 1.25. The Kier molecular flexibility index (Phi) is 7.22. The lowest BCUT2D eigenvalue weighted by molar-refractivity contribution is 0.501. The molecule has 0 fully saturated rings. The Morgan fingerprint density at radius 2 is 2.09 bits per heavy atom. The van der Waals surface area contributed by atoms with Gasteiger partial charge in [0.15, 0.2) is 5.96 Å². The molecule has 2 aromatic heterocycles. The number of aliphatic imine (C=N–C) groups is 1. The van der Waals surface area contributed by atoms with E-state index in [1.54, 1.807) is 13.3 Å². The van der Waals surface area contributed by atoms with E-state index in [0.717, 1.165) is 23.4 Å². The molecule has 0 aliphatic rings. The molecule has 0 amide bonds. The van der Waals surface area contributed by atoms with Gasteiger partial charge >= 0.3 is 0 Å². The van der Waals surface area contributed by atoms with E-state index in [0.29, 0.717) is 13.1 Å². The summed E-state index contributed by atoms with van der Waals surface area (Å²) < 4.78 is 7.32. The Bertz CT molecular complexity index is 591. The van der Waals surface area contributed by atoms with E-state index in [-0.39, 0.29) is 24.0 Å². The SMILES string of the molecule is CN=C(NCc1ccco1)NCc1cnc(N(C)C)n1C.I. The zero-order chi connectivity index (χ0) is 15.2. The molecule has 0 aliphatic heterocycles. The van der Waals surface area contributed by atoms with Crippen molar-refractivity contribution in [1.29, 1.82) is 0 Å². The molecular weight excluding hydrogens is 395 g/mol. The van der Waals surface area contributed by atoms with E-state index in [9.17, 15) is 0 Å². The lowest BCUT2D eigenvalue weighted by Crippen LogP contribution is -2.36. The number of guanidine groups is 1. The number of nitrogens with one attached hydrogen (secondary N) is 2. The molecule has 2 aromatic rings. The second-order valence-electron chi connectivity index (χ2n) is 4.86. The fourth-order valence-electron chi connectivity index (χ4n) is 1.99. The number of nitrogens with zero attached hydrogens (tertiary/aromatic N) is 4. The van der Waals surface area contributed by atoms with Crippen LogP contribution in [0.2, 0.25) is 0 Å². The van der Waals surface area contributed by atoms with Crippen molar-refractivity contribution in [3.05, 3.63) is 36.0 Å². The van der Waals surface area contributed by atoms with E-state index in [1.807, 2.05) is 48.9 Å². The number of furan rings is 1. The third-order valence-electron chi connectivity index (χ3n) is 3.13. The number of hydrogen-bond donors (Lipinski definition) is 2. The van der Waals surface area contributed by atoms with Gasteiger partial charge < -0.3 is 24.5 Å². The fourth-order valence-corrected chi connectivity index (χ4v) is 1.99. The molecule has 8 heteroatoms. The van der Waals surface area contributed by atoms with Crippen LogP contribution >= 0.6 is 24.0 Å². The largest absolute Gasteiger partial charge is 0.467 e. The number of imidazole rings is 1. The van der Waals surface area contributed by atoms with Crippen molar-refractivity contribution in [1.82, 2.24) is 20.2 Å². The van der Waals surface area contributed by atoms with E-state index < -0.39 is 0 Å². The van der Waals surface area contributed by atoms with Gasteiger partial charge in [0.1, 0.15) is 5.76 Å². The van der Waals surface area contributed by atoms with Crippen molar-refractivity contribution >= 4 is 35.9 Å². The van der Waals surface area contributed by atoms with Gasteiger partial charge in [-0.25, -0.2) is 4.98 Å². The van der Waals surface area contributed by atoms with Gasteiger partial charge in [0.2, 0.25) is 5.95 Å². The minimum Gasteiger partial charge on any atom is -0.467 e. The summed E-state index contributed by atoms with van der Waals surface area (Å²) in [5.41, 5.74) is 1.08. The topological polar surface area (TPSA) is 70.6 Å². The summed E-state index contributed by atoms with van der Waals surface area (Å²) in [7, 11) is 7.69. The molecule has 0 aromatic carbocycles. The Hall–Kier alpha value is -1.71. The number of hydrogen-bond acceptors (Lipinski definition) is 4. The van der Waals surface area contributed by atoms with E-state index in [4.69, 9.17) is 4.42 Å². The number of rotatable bonds is 5. The van der Waals surface area contributed by atoms with Crippen molar-refractivity contribution in [3.8, 4) is 0 Å². The first-order valence-corrected chi connectivity index (χ1v) is 6.76. The quantitative estimate of drug-likeness (QED) is 0.438. The molecule has 0 bridgehead atoms. The minimum atomic E-state index is 0. The minimum absolute atomic E-state index is 0. The molecule has 7 nitrogen and oxygen atoms in total. The summed E-state index contributed by atoms with van der Waals surface area (Å²) in [6, 6.07) is 3.79. The van der Waals surface area contributed by atoms with Gasteiger partial charge in [-0.1, -0.05) is 0 Å². The van der Waals surface area contributed by atoms with Gasteiger partial charge in [-0.2, -0.15) is 0 Å². The van der Waals surface area contributed by atoms with Gasteiger partial charge in [-0.05, 0) is 12.1 Å². The molecule has 0 aliphatic carbocycles. The number of anilines is 1. The predicted molar refractivity (Wildman–Crippen MR) is 98.7 cm³/mol. The van der Waals surface area contributed by atoms with Crippen molar-refractivity contribution < 1.29 is 4.42 Å². The summed E-state index contributed by atoms with van der Waals surface area (Å²) in [5, 5.41) is 6.46. The van der Waals surface area contributed by atoms with Crippen LogP contribution in [-0.4, -0.2) is 36.7 Å². The molecule has 0 saturated heterocycles. The summed E-state index contributed by atoms with van der Waals surface area (Å²) in [5.74, 6) is 2.51. The standard InChI is InChI=1S/C14H22N6O.HI/c1-15-13(17-10-12-6-5-7-21-12)16-8-11-9-18-14(19(2)3)20(11)4;/h5-7,9H,8,10H2,1-4H3,(H2,15,16,17);1H. The van der Waals surface area contributed by atoms with Crippen molar-refractivity contribution in [2.45, 2.75) is 13.1 Å². The second kappa shape index (κ2) is 8.66. The van der Waals surface area contributed by atoms with Gasteiger partial charge in [0.25, 0.3) is 0 Å². The molecule has 0 unspecified atom stereocenters. The van der Waals surface area contributed by atoms with Crippen LogP contribution in [0.1, 0.15) is 11.5 Å². The van der Waals surface area contributed by atoms with Crippen LogP contribution in [0, 0.1) is 0 Å². The monoisotopic (exact) mass is 418 g/mol. The van der Waals surface area contributed by atoms with E-state index in [1.165, 1.54) is 0 Å². The second-order valence-corrected chi connectivity index (χ2v) is 4.86. The van der Waals surface area contributed by atoms with Gasteiger partial charge in [-0.3, -0.25) is 4.99 Å². The molecular formula is C14H23IN6O. The smallest absolute Gasteiger partial charge is 0.204 e. The lowest BCUT2D eigenvalue weighted by Gasteiger charge is -2.14. The van der Waals surface area contributed by atoms with Gasteiger partial charge in [0.05, 0.1) is 31.2 Å². The van der Waals surface area contributed by atoms with Crippen LogP contribution in [0.4, 0.5) is 5.95 Å². The lowest BCUT2D eigenvalue weighted by atomic mass is 10.4. The van der Waals surface area contributed by atoms with E-state index in [2.05, 4.69) is 20.6 Å². The Labute approximate surface area is 147 Å². The number of halogens is 1. The predicted octanol–water partition coefficient (Wildman–Crippen LogP) is 1.56. The highest BCUT2D eigenvalue weighted by atomic mass is 127. The highest BCUT2D eigenvalue weighted by molar-refractivity contribution is 14.0. The Balaban J connectivity index is 0.00000242. The number of aromatic nitrogens is 2. The molecule has 2 rings (SSSR count). The molecule has 0 saturated carbocycles. The molecule has 0 atom stereocenters. The normalized spacial score (nSPS) is 11.0. The average molecular weight is 418 g/mol. The molecule has 2 N–H and O–H groups in total.